The Morgan fingerprint density at radius 1 is 1.04 bits per heavy atom. The van der Waals surface area contributed by atoms with Crippen LogP contribution in [0.5, 0.6) is 11.5 Å². The Morgan fingerprint density at radius 3 is 2.46 bits per heavy atom. The van der Waals surface area contributed by atoms with Crippen molar-refractivity contribution in [2.45, 2.75) is 33.3 Å². The molecule has 3 rings (SSSR count). The Balaban J connectivity index is 1.69. The van der Waals surface area contributed by atoms with E-state index in [0.717, 1.165) is 11.1 Å². The summed E-state index contributed by atoms with van der Waals surface area (Å²) in [7, 11) is 0. The van der Waals surface area contributed by atoms with Gasteiger partial charge in [-0.2, -0.15) is 11.1 Å². The maximum absolute atomic E-state index is 6.47. The summed E-state index contributed by atoms with van der Waals surface area (Å²) in [5.74, 6) is 1.21. The van der Waals surface area contributed by atoms with Crippen LogP contribution in [0.1, 0.15) is 23.6 Å². The number of nitrogens with one attached hydrogen (secondary N) is 5. The van der Waals surface area contributed by atoms with Gasteiger partial charge in [0.1, 0.15) is 12.9 Å². The van der Waals surface area contributed by atoms with Crippen LogP contribution < -0.4 is 36.7 Å². The van der Waals surface area contributed by atoms with Gasteiger partial charge in [0, 0.05) is 6.54 Å². The minimum absolute atomic E-state index is 0.0956. The van der Waals surface area contributed by atoms with Crippen molar-refractivity contribution in [2.24, 2.45) is 0 Å². The number of halogens is 1. The van der Waals surface area contributed by atoms with E-state index in [1.807, 2.05) is 31.2 Å². The number of benzene rings is 2. The van der Waals surface area contributed by atoms with Crippen LogP contribution in [0.4, 0.5) is 0 Å². The van der Waals surface area contributed by atoms with Crippen molar-refractivity contribution < 1.29 is 9.47 Å². The third-order valence-electron chi connectivity index (χ3n) is 3.88. The van der Waals surface area contributed by atoms with E-state index < -0.39 is 0 Å². The summed E-state index contributed by atoms with van der Waals surface area (Å²) in [6, 6.07) is 12.1. The van der Waals surface area contributed by atoms with Gasteiger partial charge in [-0.3, -0.25) is 5.32 Å². The molecule has 1 aliphatic heterocycles. The summed E-state index contributed by atoms with van der Waals surface area (Å²) in [6.45, 7) is 5.57. The zero-order chi connectivity index (χ0) is 18.4. The van der Waals surface area contributed by atoms with Crippen molar-refractivity contribution in [2.75, 3.05) is 6.61 Å². The highest BCUT2D eigenvalue weighted by atomic mass is 35.5. The first-order chi connectivity index (χ1) is 12.7. The van der Waals surface area contributed by atoms with E-state index >= 15 is 0 Å². The van der Waals surface area contributed by atoms with E-state index in [1.54, 1.807) is 0 Å². The summed E-state index contributed by atoms with van der Waals surface area (Å²) in [5, 5.41) is 3.81. The second kappa shape index (κ2) is 9.18. The van der Waals surface area contributed by atoms with Gasteiger partial charge in [0.25, 0.3) is 0 Å². The highest BCUT2D eigenvalue weighted by Crippen LogP contribution is 2.37. The third kappa shape index (κ3) is 5.07. The second-order valence-electron chi connectivity index (χ2n) is 5.96. The van der Waals surface area contributed by atoms with Crippen molar-refractivity contribution in [3.63, 3.8) is 0 Å². The molecule has 0 saturated carbocycles. The SMILES string of the molecule is CCOc1cc(CNC2NNNN2)cc(Cl)c1OCc1ccc(C)cc1. The van der Waals surface area contributed by atoms with Gasteiger partial charge >= 0.3 is 0 Å². The molecular weight excluding hydrogens is 354 g/mol. The van der Waals surface area contributed by atoms with Crippen LogP contribution in [0.25, 0.3) is 0 Å². The summed E-state index contributed by atoms with van der Waals surface area (Å²) in [4.78, 5) is 0. The van der Waals surface area contributed by atoms with Gasteiger partial charge in [0.2, 0.25) is 0 Å². The lowest BCUT2D eigenvalue weighted by Crippen LogP contribution is -2.46. The Kier molecular flexibility index (Phi) is 6.67. The van der Waals surface area contributed by atoms with Crippen LogP contribution in [-0.2, 0) is 13.2 Å². The standard InChI is InChI=1S/C18H24ClN5O2/c1-3-25-16-9-14(10-20-18-21-23-24-22-18)8-15(19)17(16)26-11-13-6-4-12(2)5-7-13/h4-9,18,20-24H,3,10-11H2,1-2H3. The molecule has 0 aliphatic carbocycles. The van der Waals surface area contributed by atoms with Gasteiger partial charge in [-0.25, -0.2) is 10.9 Å². The third-order valence-corrected chi connectivity index (χ3v) is 4.16. The van der Waals surface area contributed by atoms with Crippen LogP contribution in [0.2, 0.25) is 5.02 Å². The van der Waals surface area contributed by atoms with E-state index in [4.69, 9.17) is 21.1 Å². The zero-order valence-electron chi connectivity index (χ0n) is 14.9. The van der Waals surface area contributed by atoms with Crippen molar-refractivity contribution >= 4 is 11.6 Å². The lowest BCUT2D eigenvalue weighted by Gasteiger charge is -2.17. The highest BCUT2D eigenvalue weighted by molar-refractivity contribution is 6.32. The molecule has 0 amide bonds. The summed E-state index contributed by atoms with van der Waals surface area (Å²) < 4.78 is 11.7. The van der Waals surface area contributed by atoms with Crippen LogP contribution in [-0.4, -0.2) is 12.9 Å². The molecule has 0 spiro atoms. The van der Waals surface area contributed by atoms with Gasteiger partial charge in [-0.05, 0) is 37.1 Å². The Labute approximate surface area is 158 Å². The van der Waals surface area contributed by atoms with E-state index in [2.05, 4.69) is 46.3 Å². The smallest absolute Gasteiger partial charge is 0.180 e. The lowest BCUT2D eigenvalue weighted by molar-refractivity contribution is 0.269. The molecule has 1 heterocycles. The molecule has 140 valence electrons. The molecule has 0 unspecified atom stereocenters. The maximum Gasteiger partial charge on any atom is 0.180 e. The molecule has 1 saturated heterocycles. The average molecular weight is 378 g/mol. The number of hydrogen-bond acceptors (Lipinski definition) is 7. The molecule has 5 N–H and O–H groups in total. The summed E-state index contributed by atoms with van der Waals surface area (Å²) in [6.07, 6.45) is -0.0956. The van der Waals surface area contributed by atoms with E-state index in [0.29, 0.717) is 36.3 Å². The van der Waals surface area contributed by atoms with Crippen LogP contribution in [0.15, 0.2) is 36.4 Å². The first-order valence-electron chi connectivity index (χ1n) is 8.53. The molecule has 1 fully saturated rings. The number of aryl methyl sites for hydroxylation is 1. The molecule has 0 atom stereocenters. The van der Waals surface area contributed by atoms with Crippen molar-refractivity contribution in [3.05, 3.63) is 58.1 Å². The average Bonchev–Trinajstić information content (AvgIpc) is 3.14. The fraction of sp³-hybridized carbons (Fsp3) is 0.333. The number of rotatable bonds is 8. The van der Waals surface area contributed by atoms with Crippen LogP contribution >= 0.6 is 11.6 Å². The topological polar surface area (TPSA) is 78.6 Å². The van der Waals surface area contributed by atoms with Crippen molar-refractivity contribution in [1.29, 1.82) is 0 Å². The number of hydrazine groups is 3. The molecule has 0 bridgehead atoms. The Morgan fingerprint density at radius 2 is 1.77 bits per heavy atom. The van der Waals surface area contributed by atoms with Gasteiger partial charge in [0.05, 0.1) is 11.6 Å². The van der Waals surface area contributed by atoms with Crippen LogP contribution in [0.3, 0.4) is 0 Å². The molecule has 2 aromatic carbocycles. The summed E-state index contributed by atoms with van der Waals surface area (Å²) >= 11 is 6.47. The highest BCUT2D eigenvalue weighted by Gasteiger charge is 2.15. The molecule has 26 heavy (non-hydrogen) atoms. The normalized spacial score (nSPS) is 14.6. The number of hydrogen-bond donors (Lipinski definition) is 5. The Bertz CT molecular complexity index is 720. The fourth-order valence-corrected chi connectivity index (χ4v) is 2.83. The van der Waals surface area contributed by atoms with E-state index in [9.17, 15) is 0 Å². The molecule has 0 aromatic heterocycles. The quantitative estimate of drug-likeness (QED) is 0.482. The van der Waals surface area contributed by atoms with Crippen LogP contribution in [0, 0.1) is 6.92 Å². The predicted octanol–water partition coefficient (Wildman–Crippen LogP) is 2.12. The minimum atomic E-state index is -0.0956. The largest absolute Gasteiger partial charge is 0.490 e. The van der Waals surface area contributed by atoms with E-state index in [1.165, 1.54) is 5.56 Å². The zero-order valence-corrected chi connectivity index (χ0v) is 15.6. The monoisotopic (exact) mass is 377 g/mol. The van der Waals surface area contributed by atoms with Gasteiger partial charge in [0.15, 0.2) is 11.5 Å². The maximum atomic E-state index is 6.47. The first-order valence-corrected chi connectivity index (χ1v) is 8.91. The lowest BCUT2D eigenvalue weighted by atomic mass is 10.1. The van der Waals surface area contributed by atoms with E-state index in [-0.39, 0.29) is 6.29 Å². The predicted molar refractivity (Wildman–Crippen MR) is 101 cm³/mol. The van der Waals surface area contributed by atoms with Crippen molar-refractivity contribution in [1.82, 2.24) is 27.2 Å². The minimum Gasteiger partial charge on any atom is -0.490 e. The molecule has 1 aliphatic rings. The van der Waals surface area contributed by atoms with Crippen molar-refractivity contribution in [3.8, 4) is 11.5 Å². The molecular formula is C18H24ClN5O2. The van der Waals surface area contributed by atoms with Gasteiger partial charge in [-0.1, -0.05) is 41.4 Å². The molecule has 0 radical (unpaired) electrons. The molecule has 8 heteroatoms. The second-order valence-corrected chi connectivity index (χ2v) is 6.37. The van der Waals surface area contributed by atoms with Gasteiger partial charge in [-0.15, -0.1) is 0 Å². The molecule has 2 aromatic rings. The first kappa shape index (κ1) is 18.9. The Hall–Kier alpha value is -1.87. The summed E-state index contributed by atoms with van der Waals surface area (Å²) in [5.41, 5.74) is 14.7. The fourth-order valence-electron chi connectivity index (χ4n) is 2.54. The molecule has 7 nitrogen and oxygen atoms in total. The number of ether oxygens (including phenoxy) is 2. The van der Waals surface area contributed by atoms with Gasteiger partial charge < -0.3 is 9.47 Å².